The van der Waals surface area contributed by atoms with Gasteiger partial charge in [0.25, 0.3) is 0 Å². The van der Waals surface area contributed by atoms with E-state index in [2.05, 4.69) is 18.7 Å². The monoisotopic (exact) mass is 295 g/mol. The van der Waals surface area contributed by atoms with Gasteiger partial charge >= 0.3 is 5.97 Å². The van der Waals surface area contributed by atoms with E-state index in [-0.39, 0.29) is 0 Å². The van der Waals surface area contributed by atoms with Gasteiger partial charge in [-0.3, -0.25) is 4.79 Å². The number of piperidine rings is 1. The Balaban J connectivity index is 1.89. The summed E-state index contributed by atoms with van der Waals surface area (Å²) >= 11 is 0. The van der Waals surface area contributed by atoms with Crippen molar-refractivity contribution in [3.8, 4) is 0 Å². The van der Waals surface area contributed by atoms with Gasteiger partial charge in [-0.2, -0.15) is 0 Å². The number of hydrogen-bond acceptors (Lipinski definition) is 2. The highest BCUT2D eigenvalue weighted by Gasteiger charge is 2.41. The molecule has 0 aromatic heterocycles. The molecule has 2 fully saturated rings. The molecule has 1 aliphatic carbocycles. The molecule has 1 aliphatic heterocycles. The van der Waals surface area contributed by atoms with Crippen LogP contribution >= 0.6 is 0 Å². The largest absolute Gasteiger partial charge is 0.481 e. The zero-order valence-corrected chi connectivity index (χ0v) is 13.9. The molecule has 3 heteroatoms. The fraction of sp³-hybridized carbons (Fsp3) is 0.944. The van der Waals surface area contributed by atoms with Crippen LogP contribution in [-0.4, -0.2) is 35.1 Å². The Morgan fingerprint density at radius 1 is 1.14 bits per heavy atom. The fourth-order valence-electron chi connectivity index (χ4n) is 4.50. The third kappa shape index (κ3) is 4.00. The SMILES string of the molecule is CCCC1(C(=O)O)CCN(C2CCCC(CC)CC2)CC1. The first kappa shape index (κ1) is 16.8. The van der Waals surface area contributed by atoms with Gasteiger partial charge in [-0.05, 0) is 57.5 Å². The lowest BCUT2D eigenvalue weighted by Crippen LogP contribution is -2.48. The van der Waals surface area contributed by atoms with Gasteiger partial charge in [0.15, 0.2) is 0 Å². The van der Waals surface area contributed by atoms with Crippen molar-refractivity contribution in [2.75, 3.05) is 13.1 Å². The number of hydrogen-bond donors (Lipinski definition) is 1. The van der Waals surface area contributed by atoms with Crippen LogP contribution in [0.25, 0.3) is 0 Å². The summed E-state index contributed by atoms with van der Waals surface area (Å²) in [6.07, 6.45) is 11.6. The Kier molecular flexibility index (Phi) is 6.09. The van der Waals surface area contributed by atoms with E-state index in [4.69, 9.17) is 0 Å². The molecule has 2 rings (SSSR count). The molecule has 0 bridgehead atoms. The molecule has 1 saturated heterocycles. The van der Waals surface area contributed by atoms with E-state index in [1.807, 2.05) is 0 Å². The first-order valence-corrected chi connectivity index (χ1v) is 9.08. The molecule has 0 aromatic carbocycles. The predicted molar refractivity (Wildman–Crippen MR) is 86.4 cm³/mol. The van der Waals surface area contributed by atoms with Gasteiger partial charge in [0.05, 0.1) is 5.41 Å². The second-order valence-corrected chi connectivity index (χ2v) is 7.31. The minimum Gasteiger partial charge on any atom is -0.481 e. The lowest BCUT2D eigenvalue weighted by Gasteiger charge is -2.42. The lowest BCUT2D eigenvalue weighted by molar-refractivity contribution is -0.153. The van der Waals surface area contributed by atoms with E-state index in [1.165, 1.54) is 38.5 Å². The van der Waals surface area contributed by atoms with Crippen LogP contribution < -0.4 is 0 Å². The Morgan fingerprint density at radius 2 is 1.86 bits per heavy atom. The van der Waals surface area contributed by atoms with Crippen molar-refractivity contribution in [1.82, 2.24) is 4.90 Å². The molecular formula is C18H33NO2. The maximum Gasteiger partial charge on any atom is 0.309 e. The van der Waals surface area contributed by atoms with Crippen molar-refractivity contribution in [1.29, 1.82) is 0 Å². The summed E-state index contributed by atoms with van der Waals surface area (Å²) in [6, 6.07) is 0.718. The quantitative estimate of drug-likeness (QED) is 0.768. The van der Waals surface area contributed by atoms with Crippen LogP contribution in [0.15, 0.2) is 0 Å². The molecule has 3 nitrogen and oxygen atoms in total. The molecule has 1 saturated carbocycles. The second-order valence-electron chi connectivity index (χ2n) is 7.31. The lowest BCUT2D eigenvalue weighted by atomic mass is 9.74. The first-order chi connectivity index (χ1) is 10.1. The highest BCUT2D eigenvalue weighted by Crippen LogP contribution is 2.38. The summed E-state index contributed by atoms with van der Waals surface area (Å²) in [5.74, 6) is 0.369. The molecule has 0 radical (unpaired) electrons. The number of carboxylic acid groups (broad SMARTS) is 1. The minimum atomic E-state index is -0.559. The number of rotatable bonds is 5. The third-order valence-electron chi connectivity index (χ3n) is 6.09. The summed E-state index contributed by atoms with van der Waals surface area (Å²) in [4.78, 5) is 14.3. The van der Waals surface area contributed by atoms with E-state index in [9.17, 15) is 9.90 Å². The van der Waals surface area contributed by atoms with E-state index in [0.717, 1.165) is 50.7 Å². The summed E-state index contributed by atoms with van der Waals surface area (Å²) in [6.45, 7) is 6.41. The van der Waals surface area contributed by atoms with Gasteiger partial charge in [0, 0.05) is 6.04 Å². The zero-order chi connectivity index (χ0) is 15.3. The average Bonchev–Trinajstić information content (AvgIpc) is 2.73. The van der Waals surface area contributed by atoms with Gasteiger partial charge in [-0.1, -0.05) is 39.5 Å². The number of nitrogens with zero attached hydrogens (tertiary/aromatic N) is 1. The highest BCUT2D eigenvalue weighted by atomic mass is 16.4. The van der Waals surface area contributed by atoms with Gasteiger partial charge < -0.3 is 10.0 Å². The predicted octanol–water partition coefficient (Wildman–Crippen LogP) is 4.31. The van der Waals surface area contributed by atoms with Crippen LogP contribution in [0.4, 0.5) is 0 Å². The Morgan fingerprint density at radius 3 is 2.43 bits per heavy atom. The van der Waals surface area contributed by atoms with Gasteiger partial charge in [0.2, 0.25) is 0 Å². The molecule has 2 atom stereocenters. The molecule has 0 spiro atoms. The first-order valence-electron chi connectivity index (χ1n) is 9.08. The highest BCUT2D eigenvalue weighted by molar-refractivity contribution is 5.74. The summed E-state index contributed by atoms with van der Waals surface area (Å²) in [7, 11) is 0. The molecule has 2 unspecified atom stereocenters. The molecule has 0 amide bonds. The summed E-state index contributed by atoms with van der Waals surface area (Å²) in [5, 5.41) is 9.61. The summed E-state index contributed by atoms with van der Waals surface area (Å²) in [5.41, 5.74) is -0.429. The van der Waals surface area contributed by atoms with Crippen molar-refractivity contribution in [2.45, 2.75) is 84.1 Å². The fourth-order valence-corrected chi connectivity index (χ4v) is 4.50. The normalized spacial score (nSPS) is 30.8. The minimum absolute atomic E-state index is 0.429. The number of carboxylic acids is 1. The van der Waals surface area contributed by atoms with Crippen LogP contribution in [-0.2, 0) is 4.79 Å². The molecule has 21 heavy (non-hydrogen) atoms. The number of carbonyl (C=O) groups is 1. The van der Waals surface area contributed by atoms with E-state index in [1.54, 1.807) is 0 Å². The third-order valence-corrected chi connectivity index (χ3v) is 6.09. The second kappa shape index (κ2) is 7.62. The van der Waals surface area contributed by atoms with Crippen LogP contribution in [0.1, 0.15) is 78.1 Å². The van der Waals surface area contributed by atoms with E-state index < -0.39 is 11.4 Å². The smallest absolute Gasteiger partial charge is 0.309 e. The topological polar surface area (TPSA) is 40.5 Å². The molecular weight excluding hydrogens is 262 g/mol. The Hall–Kier alpha value is -0.570. The number of likely N-dealkylation sites (tertiary alicyclic amines) is 1. The van der Waals surface area contributed by atoms with Gasteiger partial charge in [0.1, 0.15) is 0 Å². The maximum absolute atomic E-state index is 11.7. The van der Waals surface area contributed by atoms with Crippen LogP contribution in [0.3, 0.4) is 0 Å². The van der Waals surface area contributed by atoms with E-state index in [0.29, 0.717) is 0 Å². The van der Waals surface area contributed by atoms with Crippen molar-refractivity contribution < 1.29 is 9.90 Å². The van der Waals surface area contributed by atoms with Crippen molar-refractivity contribution in [3.63, 3.8) is 0 Å². The maximum atomic E-state index is 11.7. The van der Waals surface area contributed by atoms with Crippen LogP contribution in [0, 0.1) is 11.3 Å². The molecule has 122 valence electrons. The van der Waals surface area contributed by atoms with Gasteiger partial charge in [-0.15, -0.1) is 0 Å². The Bertz CT molecular complexity index is 334. The molecule has 2 aliphatic rings. The molecule has 1 N–H and O–H groups in total. The summed E-state index contributed by atoms with van der Waals surface area (Å²) < 4.78 is 0. The molecule has 1 heterocycles. The standard InChI is InChI=1S/C18H33NO2/c1-3-10-18(17(20)21)11-13-19(14-12-18)16-7-5-6-15(4-2)8-9-16/h15-16H,3-14H2,1-2H3,(H,20,21). The molecule has 0 aromatic rings. The zero-order valence-electron chi connectivity index (χ0n) is 13.9. The Labute approximate surface area is 130 Å². The van der Waals surface area contributed by atoms with Crippen molar-refractivity contribution >= 4 is 5.97 Å². The van der Waals surface area contributed by atoms with Crippen molar-refractivity contribution in [2.24, 2.45) is 11.3 Å². The van der Waals surface area contributed by atoms with Crippen LogP contribution in [0.5, 0.6) is 0 Å². The van der Waals surface area contributed by atoms with E-state index >= 15 is 0 Å². The van der Waals surface area contributed by atoms with Gasteiger partial charge in [-0.25, -0.2) is 0 Å². The average molecular weight is 295 g/mol. The van der Waals surface area contributed by atoms with Crippen molar-refractivity contribution in [3.05, 3.63) is 0 Å². The van der Waals surface area contributed by atoms with Crippen LogP contribution in [0.2, 0.25) is 0 Å². The number of aliphatic carboxylic acids is 1.